The zero-order valence-electron chi connectivity index (χ0n) is 19.2. The predicted octanol–water partition coefficient (Wildman–Crippen LogP) is 2.60. The number of para-hydroxylation sites is 1. The van der Waals surface area contributed by atoms with E-state index in [1.807, 2.05) is 0 Å². The first-order valence-electron chi connectivity index (χ1n) is 11.4. The number of sulfone groups is 1. The number of nitrogens with one attached hydrogen (secondary N) is 1. The summed E-state index contributed by atoms with van der Waals surface area (Å²) in [7, 11) is -4.19. The second-order valence-electron chi connectivity index (χ2n) is 8.12. The normalized spacial score (nSPS) is 16.0. The average Bonchev–Trinajstić information content (AvgIpc) is 3.34. The molecule has 2 aliphatic rings. The van der Waals surface area contributed by atoms with E-state index in [2.05, 4.69) is 15.2 Å². The van der Waals surface area contributed by atoms with Crippen molar-refractivity contribution in [3.8, 4) is 23.0 Å². The maximum atomic E-state index is 13.6. The summed E-state index contributed by atoms with van der Waals surface area (Å²) in [5.74, 6) is 0.495. The van der Waals surface area contributed by atoms with E-state index in [0.717, 1.165) is 13.1 Å². The van der Waals surface area contributed by atoms with Crippen LogP contribution in [-0.2, 0) is 14.6 Å². The number of hydrogen-bond acceptors (Lipinski definition) is 11. The highest BCUT2D eigenvalue weighted by Crippen LogP contribution is 2.38. The fraction of sp³-hybridized carbons (Fsp3) is 0.348. The fourth-order valence-electron chi connectivity index (χ4n) is 3.98. The van der Waals surface area contributed by atoms with Gasteiger partial charge in [-0.25, -0.2) is 8.42 Å². The van der Waals surface area contributed by atoms with E-state index in [-0.39, 0.29) is 32.9 Å². The van der Waals surface area contributed by atoms with Crippen LogP contribution in [0.15, 0.2) is 56.8 Å². The summed E-state index contributed by atoms with van der Waals surface area (Å²) in [5.41, 5.74) is -0.177. The van der Waals surface area contributed by atoms with Crippen LogP contribution in [0.1, 0.15) is 0 Å². The van der Waals surface area contributed by atoms with Crippen LogP contribution in [0.4, 0.5) is 11.6 Å². The molecule has 190 valence electrons. The van der Waals surface area contributed by atoms with Gasteiger partial charge < -0.3 is 23.9 Å². The molecule has 1 N–H and O–H groups in total. The summed E-state index contributed by atoms with van der Waals surface area (Å²) in [6.07, 6.45) is 0. The Hall–Kier alpha value is -3.68. The number of fused-ring (bicyclic) bond motifs is 1. The van der Waals surface area contributed by atoms with Gasteiger partial charge in [0.25, 0.3) is 5.69 Å². The van der Waals surface area contributed by atoms with Crippen molar-refractivity contribution in [2.45, 2.75) is 9.92 Å². The Kier molecular flexibility index (Phi) is 6.76. The molecule has 0 aliphatic carbocycles. The molecule has 1 fully saturated rings. The van der Waals surface area contributed by atoms with Crippen molar-refractivity contribution in [2.75, 3.05) is 57.9 Å². The standard InChI is InChI=1S/C23H24N4O8S/c28-27(29)18-4-2-1-3-17(18)21-25-23(22(35-21)24-7-8-26-9-11-32-12-10-26)36(30,31)16-5-6-19-20(15-16)34-14-13-33-19/h1-6,15,24H,7-14H2. The second-order valence-corrected chi connectivity index (χ2v) is 9.98. The van der Waals surface area contributed by atoms with E-state index in [0.29, 0.717) is 51.0 Å². The van der Waals surface area contributed by atoms with Gasteiger partial charge in [0, 0.05) is 38.3 Å². The van der Waals surface area contributed by atoms with Crippen molar-refractivity contribution < 1.29 is 32.0 Å². The number of rotatable bonds is 8. The van der Waals surface area contributed by atoms with Gasteiger partial charge >= 0.3 is 0 Å². The maximum Gasteiger partial charge on any atom is 0.282 e. The minimum Gasteiger partial charge on any atom is -0.486 e. The Balaban J connectivity index is 1.51. The summed E-state index contributed by atoms with van der Waals surface area (Å²) in [6.45, 7) is 4.46. The van der Waals surface area contributed by atoms with E-state index >= 15 is 0 Å². The van der Waals surface area contributed by atoms with Gasteiger partial charge in [-0.1, -0.05) is 12.1 Å². The van der Waals surface area contributed by atoms with Crippen molar-refractivity contribution in [1.82, 2.24) is 9.88 Å². The first kappa shape index (κ1) is 24.0. The predicted molar refractivity (Wildman–Crippen MR) is 127 cm³/mol. The molecule has 12 nitrogen and oxygen atoms in total. The van der Waals surface area contributed by atoms with Gasteiger partial charge in [0.05, 0.1) is 23.0 Å². The molecule has 3 heterocycles. The number of ether oxygens (including phenoxy) is 3. The molecule has 0 bridgehead atoms. The maximum absolute atomic E-state index is 13.6. The Bertz CT molecular complexity index is 1370. The highest BCUT2D eigenvalue weighted by molar-refractivity contribution is 7.91. The van der Waals surface area contributed by atoms with E-state index in [4.69, 9.17) is 18.6 Å². The number of anilines is 1. The summed E-state index contributed by atoms with van der Waals surface area (Å²) < 4.78 is 49.5. The molecule has 36 heavy (non-hydrogen) atoms. The fourth-order valence-corrected chi connectivity index (χ4v) is 5.28. The SMILES string of the molecule is O=[N+]([O-])c1ccccc1-c1nc(S(=O)(=O)c2ccc3c(c2)OCCO3)c(NCCN2CCOCC2)o1. The van der Waals surface area contributed by atoms with Crippen molar-refractivity contribution in [3.05, 3.63) is 52.6 Å². The second kappa shape index (κ2) is 10.1. The van der Waals surface area contributed by atoms with E-state index in [1.54, 1.807) is 6.07 Å². The average molecular weight is 517 g/mol. The molecule has 0 unspecified atom stereocenters. The quantitative estimate of drug-likeness (QED) is 0.348. The first-order chi connectivity index (χ1) is 17.4. The third kappa shape index (κ3) is 4.85. The lowest BCUT2D eigenvalue weighted by atomic mass is 10.2. The molecule has 3 aromatic rings. The number of morpholine rings is 1. The van der Waals surface area contributed by atoms with Gasteiger partial charge in [0.15, 0.2) is 11.5 Å². The number of oxazole rings is 1. The Labute approximate surface area is 206 Å². The smallest absolute Gasteiger partial charge is 0.282 e. The van der Waals surface area contributed by atoms with Crippen LogP contribution in [-0.4, -0.2) is 75.8 Å². The van der Waals surface area contributed by atoms with Gasteiger partial charge in [-0.15, -0.1) is 0 Å². The number of nitro benzene ring substituents is 1. The minimum atomic E-state index is -4.19. The lowest BCUT2D eigenvalue weighted by molar-refractivity contribution is -0.384. The summed E-state index contributed by atoms with van der Waals surface area (Å²) in [6, 6.07) is 10.2. The van der Waals surface area contributed by atoms with Gasteiger partial charge in [0.2, 0.25) is 26.6 Å². The third-order valence-electron chi connectivity index (χ3n) is 5.82. The van der Waals surface area contributed by atoms with Crippen molar-refractivity contribution in [2.24, 2.45) is 0 Å². The molecular weight excluding hydrogens is 492 g/mol. The van der Waals surface area contributed by atoms with Crippen molar-refractivity contribution >= 4 is 21.4 Å². The molecule has 2 aromatic carbocycles. The van der Waals surface area contributed by atoms with Crippen LogP contribution in [0.2, 0.25) is 0 Å². The third-order valence-corrected chi connectivity index (χ3v) is 7.48. The number of nitro groups is 1. The highest BCUT2D eigenvalue weighted by Gasteiger charge is 2.31. The summed E-state index contributed by atoms with van der Waals surface area (Å²) in [4.78, 5) is 17.3. The molecule has 0 spiro atoms. The molecule has 0 saturated carbocycles. The monoisotopic (exact) mass is 516 g/mol. The number of hydrogen-bond donors (Lipinski definition) is 1. The van der Waals surface area contributed by atoms with E-state index in [9.17, 15) is 18.5 Å². The molecule has 0 amide bonds. The Morgan fingerprint density at radius 1 is 1.03 bits per heavy atom. The largest absolute Gasteiger partial charge is 0.486 e. The van der Waals surface area contributed by atoms with Crippen molar-refractivity contribution in [3.63, 3.8) is 0 Å². The minimum absolute atomic E-state index is 0.0645. The molecule has 0 atom stereocenters. The van der Waals surface area contributed by atoms with Crippen LogP contribution in [0.3, 0.4) is 0 Å². The molecule has 1 saturated heterocycles. The van der Waals surface area contributed by atoms with Gasteiger partial charge in [-0.3, -0.25) is 15.0 Å². The van der Waals surface area contributed by atoms with Crippen LogP contribution < -0.4 is 14.8 Å². The van der Waals surface area contributed by atoms with Crippen LogP contribution in [0, 0.1) is 10.1 Å². The lowest BCUT2D eigenvalue weighted by Crippen LogP contribution is -2.39. The molecule has 5 rings (SSSR count). The molecule has 13 heteroatoms. The summed E-state index contributed by atoms with van der Waals surface area (Å²) in [5, 5.41) is 14.2. The molecule has 0 radical (unpaired) electrons. The topological polar surface area (TPSA) is 146 Å². The lowest BCUT2D eigenvalue weighted by Gasteiger charge is -2.26. The number of nitrogens with zero attached hydrogens (tertiary/aromatic N) is 3. The zero-order valence-corrected chi connectivity index (χ0v) is 20.0. The van der Waals surface area contributed by atoms with E-state index < -0.39 is 14.8 Å². The Morgan fingerprint density at radius 3 is 2.56 bits per heavy atom. The zero-order chi connectivity index (χ0) is 25.1. The Morgan fingerprint density at radius 2 is 1.78 bits per heavy atom. The van der Waals surface area contributed by atoms with Crippen LogP contribution in [0.25, 0.3) is 11.5 Å². The van der Waals surface area contributed by atoms with Crippen molar-refractivity contribution in [1.29, 1.82) is 0 Å². The number of benzene rings is 2. The number of aromatic nitrogens is 1. The van der Waals surface area contributed by atoms with Crippen LogP contribution >= 0.6 is 0 Å². The molecule has 1 aromatic heterocycles. The van der Waals surface area contributed by atoms with Gasteiger partial charge in [-0.05, 0) is 18.2 Å². The molecular formula is C23H24N4O8S. The van der Waals surface area contributed by atoms with E-state index in [1.165, 1.54) is 36.4 Å². The molecule has 2 aliphatic heterocycles. The first-order valence-corrected chi connectivity index (χ1v) is 12.8. The van der Waals surface area contributed by atoms with Gasteiger partial charge in [0.1, 0.15) is 18.8 Å². The summed E-state index contributed by atoms with van der Waals surface area (Å²) >= 11 is 0. The highest BCUT2D eigenvalue weighted by atomic mass is 32.2. The van der Waals surface area contributed by atoms with Crippen LogP contribution in [0.5, 0.6) is 11.5 Å². The van der Waals surface area contributed by atoms with Gasteiger partial charge in [-0.2, -0.15) is 4.98 Å².